The summed E-state index contributed by atoms with van der Waals surface area (Å²) in [6.07, 6.45) is 0. The van der Waals surface area contributed by atoms with Gasteiger partial charge >= 0.3 is 0 Å². The van der Waals surface area contributed by atoms with Crippen LogP contribution in [0.15, 0.2) is 51.8 Å². The summed E-state index contributed by atoms with van der Waals surface area (Å²) in [5, 5.41) is 0. The summed E-state index contributed by atoms with van der Waals surface area (Å²) in [6, 6.07) is 13.5. The van der Waals surface area contributed by atoms with Gasteiger partial charge in [-0.1, -0.05) is 23.8 Å². The molecule has 2 rings (SSSR count). The second-order valence-electron chi connectivity index (χ2n) is 4.35. The van der Waals surface area contributed by atoms with Gasteiger partial charge in [0.2, 0.25) is 0 Å². The van der Waals surface area contributed by atoms with Crippen LogP contribution in [0.2, 0.25) is 0 Å². The molecule has 0 aromatic heterocycles. The summed E-state index contributed by atoms with van der Waals surface area (Å²) in [4.78, 5) is 13.4. The highest BCUT2D eigenvalue weighted by Gasteiger charge is 2.13. The van der Waals surface area contributed by atoms with Gasteiger partial charge in [-0.05, 0) is 47.1 Å². The molecule has 2 nitrogen and oxygen atoms in total. The number of rotatable bonds is 5. The molecule has 4 heteroatoms. The Balaban J connectivity index is 2.13. The molecule has 0 saturated heterocycles. The maximum atomic E-state index is 12.3. The van der Waals surface area contributed by atoms with Gasteiger partial charge in [-0.3, -0.25) is 4.79 Å². The van der Waals surface area contributed by atoms with Crippen molar-refractivity contribution in [2.75, 3.05) is 12.9 Å². The van der Waals surface area contributed by atoms with Crippen LogP contribution in [0, 0.1) is 6.92 Å². The maximum Gasteiger partial charge on any atom is 0.176 e. The molecule has 0 heterocycles. The lowest BCUT2D eigenvalue weighted by Gasteiger charge is -2.09. The first kappa shape index (κ1) is 15.1. The third kappa shape index (κ3) is 3.64. The molecule has 20 heavy (non-hydrogen) atoms. The van der Waals surface area contributed by atoms with Crippen LogP contribution in [0.4, 0.5) is 0 Å². The van der Waals surface area contributed by atoms with E-state index in [0.717, 1.165) is 14.9 Å². The molecule has 0 N–H and O–H groups in total. The summed E-state index contributed by atoms with van der Waals surface area (Å²) in [6.45, 7) is 1.97. The van der Waals surface area contributed by atoms with Gasteiger partial charge in [0.25, 0.3) is 0 Å². The SMILES string of the molecule is COc1ccc(C)cc1C(=O)CSc1ccccc1Br. The second-order valence-corrected chi connectivity index (χ2v) is 6.22. The summed E-state index contributed by atoms with van der Waals surface area (Å²) in [7, 11) is 1.59. The second kappa shape index (κ2) is 6.95. The van der Waals surface area contributed by atoms with E-state index >= 15 is 0 Å². The van der Waals surface area contributed by atoms with E-state index in [1.54, 1.807) is 7.11 Å². The number of benzene rings is 2. The number of Topliss-reactive ketones (excluding diaryl/α,β-unsaturated/α-hetero) is 1. The molecule has 0 aliphatic heterocycles. The number of carbonyl (C=O) groups excluding carboxylic acids is 1. The maximum absolute atomic E-state index is 12.3. The van der Waals surface area contributed by atoms with Crippen LogP contribution in [0.1, 0.15) is 15.9 Å². The van der Waals surface area contributed by atoms with Crippen LogP contribution in [0.3, 0.4) is 0 Å². The highest BCUT2D eigenvalue weighted by molar-refractivity contribution is 9.10. The normalized spacial score (nSPS) is 10.3. The minimum absolute atomic E-state index is 0.0753. The van der Waals surface area contributed by atoms with E-state index in [1.807, 2.05) is 49.4 Å². The highest BCUT2D eigenvalue weighted by Crippen LogP contribution is 2.29. The lowest BCUT2D eigenvalue weighted by molar-refractivity contribution is 0.101. The Hall–Kier alpha value is -1.26. The largest absolute Gasteiger partial charge is 0.496 e. The van der Waals surface area contributed by atoms with Crippen LogP contribution >= 0.6 is 27.7 Å². The summed E-state index contributed by atoms with van der Waals surface area (Å²) < 4.78 is 6.27. The van der Waals surface area contributed by atoms with Crippen LogP contribution in [0.5, 0.6) is 5.75 Å². The zero-order valence-electron chi connectivity index (χ0n) is 11.4. The summed E-state index contributed by atoms with van der Waals surface area (Å²) >= 11 is 5.01. The van der Waals surface area contributed by atoms with Gasteiger partial charge in [0.1, 0.15) is 5.75 Å². The van der Waals surface area contributed by atoms with E-state index in [4.69, 9.17) is 4.74 Å². The average molecular weight is 351 g/mol. The number of ketones is 1. The Kier molecular flexibility index (Phi) is 5.26. The number of aryl methyl sites for hydroxylation is 1. The molecule has 0 bridgehead atoms. The molecule has 0 atom stereocenters. The van der Waals surface area contributed by atoms with E-state index in [1.165, 1.54) is 11.8 Å². The van der Waals surface area contributed by atoms with Gasteiger partial charge in [0, 0.05) is 9.37 Å². The average Bonchev–Trinajstić information content (AvgIpc) is 2.46. The molecular formula is C16H15BrO2S. The van der Waals surface area contributed by atoms with Crippen molar-refractivity contribution >= 4 is 33.5 Å². The van der Waals surface area contributed by atoms with Crippen molar-refractivity contribution in [3.8, 4) is 5.75 Å². The fourth-order valence-electron chi connectivity index (χ4n) is 1.82. The standard InChI is InChI=1S/C16H15BrO2S/c1-11-7-8-15(19-2)12(9-11)14(18)10-20-16-6-4-3-5-13(16)17/h3-9H,10H2,1-2H3. The van der Waals surface area contributed by atoms with Crippen molar-refractivity contribution in [2.24, 2.45) is 0 Å². The lowest BCUT2D eigenvalue weighted by atomic mass is 10.1. The predicted octanol–water partition coefficient (Wildman–Crippen LogP) is 4.74. The first-order valence-corrected chi connectivity index (χ1v) is 7.95. The Bertz CT molecular complexity index is 626. The van der Waals surface area contributed by atoms with Crippen LogP contribution < -0.4 is 4.74 Å². The number of carbonyl (C=O) groups is 1. The van der Waals surface area contributed by atoms with Gasteiger partial charge in [-0.2, -0.15) is 0 Å². The monoisotopic (exact) mass is 350 g/mol. The summed E-state index contributed by atoms with van der Waals surface area (Å²) in [5.41, 5.74) is 1.70. The fourth-order valence-corrected chi connectivity index (χ4v) is 3.27. The number of ether oxygens (including phenoxy) is 1. The molecular weight excluding hydrogens is 336 g/mol. The molecule has 2 aromatic rings. The summed E-state index contributed by atoms with van der Waals surface area (Å²) in [5.74, 6) is 1.10. The van der Waals surface area contributed by atoms with E-state index in [2.05, 4.69) is 15.9 Å². The van der Waals surface area contributed by atoms with Gasteiger partial charge in [-0.15, -0.1) is 11.8 Å². The quantitative estimate of drug-likeness (QED) is 0.575. The number of halogens is 1. The van der Waals surface area contributed by atoms with Crippen molar-refractivity contribution in [3.05, 3.63) is 58.1 Å². The van der Waals surface area contributed by atoms with Crippen molar-refractivity contribution in [1.82, 2.24) is 0 Å². The Labute approximate surface area is 131 Å². The van der Waals surface area contributed by atoms with Crippen molar-refractivity contribution < 1.29 is 9.53 Å². The Morgan fingerprint density at radius 2 is 2.00 bits per heavy atom. The predicted molar refractivity (Wildman–Crippen MR) is 86.9 cm³/mol. The van der Waals surface area contributed by atoms with Gasteiger partial charge < -0.3 is 4.74 Å². The zero-order chi connectivity index (χ0) is 14.5. The Morgan fingerprint density at radius 1 is 1.25 bits per heavy atom. The lowest BCUT2D eigenvalue weighted by Crippen LogP contribution is -2.05. The van der Waals surface area contributed by atoms with E-state index in [9.17, 15) is 4.79 Å². The molecule has 0 unspecified atom stereocenters. The molecule has 0 aliphatic carbocycles. The number of methoxy groups -OCH3 is 1. The first-order chi connectivity index (χ1) is 9.61. The topological polar surface area (TPSA) is 26.3 Å². The van der Waals surface area contributed by atoms with E-state index < -0.39 is 0 Å². The molecule has 2 aromatic carbocycles. The molecule has 104 valence electrons. The van der Waals surface area contributed by atoms with Crippen molar-refractivity contribution in [2.45, 2.75) is 11.8 Å². The zero-order valence-corrected chi connectivity index (χ0v) is 13.8. The Morgan fingerprint density at radius 3 is 2.70 bits per heavy atom. The van der Waals surface area contributed by atoms with Crippen LogP contribution in [0.25, 0.3) is 0 Å². The highest BCUT2D eigenvalue weighted by atomic mass is 79.9. The van der Waals surface area contributed by atoms with Gasteiger partial charge in [0.15, 0.2) is 5.78 Å². The van der Waals surface area contributed by atoms with Gasteiger partial charge in [0.05, 0.1) is 18.4 Å². The first-order valence-electron chi connectivity index (χ1n) is 6.17. The van der Waals surface area contributed by atoms with Crippen molar-refractivity contribution in [3.63, 3.8) is 0 Å². The molecule has 0 saturated carbocycles. The molecule has 0 aliphatic rings. The fraction of sp³-hybridized carbons (Fsp3) is 0.188. The third-order valence-corrected chi connectivity index (χ3v) is 4.88. The number of thioether (sulfide) groups is 1. The minimum atomic E-state index is 0.0753. The van der Waals surface area contributed by atoms with Gasteiger partial charge in [-0.25, -0.2) is 0 Å². The van der Waals surface area contributed by atoms with Crippen LogP contribution in [-0.2, 0) is 0 Å². The minimum Gasteiger partial charge on any atom is -0.496 e. The molecule has 0 amide bonds. The number of hydrogen-bond donors (Lipinski definition) is 0. The smallest absolute Gasteiger partial charge is 0.176 e. The van der Waals surface area contributed by atoms with Crippen LogP contribution in [-0.4, -0.2) is 18.6 Å². The third-order valence-electron chi connectivity index (χ3n) is 2.85. The molecule has 0 fully saturated rings. The van der Waals surface area contributed by atoms with Crippen molar-refractivity contribution in [1.29, 1.82) is 0 Å². The van der Waals surface area contributed by atoms with E-state index in [-0.39, 0.29) is 5.78 Å². The molecule has 0 spiro atoms. The molecule has 0 radical (unpaired) electrons. The number of hydrogen-bond acceptors (Lipinski definition) is 3. The van der Waals surface area contributed by atoms with E-state index in [0.29, 0.717) is 17.1 Å².